The second-order valence-corrected chi connectivity index (χ2v) is 3.31. The van der Waals surface area contributed by atoms with Crippen LogP contribution in [0.2, 0.25) is 0 Å². The van der Waals surface area contributed by atoms with Crippen LogP contribution in [0.15, 0.2) is 30.5 Å². The fourth-order valence-electron chi connectivity index (χ4n) is 1.76. The third-order valence-corrected chi connectivity index (χ3v) is 2.35. The molecule has 0 aliphatic heterocycles. The summed E-state index contributed by atoms with van der Waals surface area (Å²) in [5, 5.41) is 4.52. The first kappa shape index (κ1) is 11.1. The summed E-state index contributed by atoms with van der Waals surface area (Å²) >= 11 is 0. The van der Waals surface area contributed by atoms with Crippen molar-refractivity contribution in [3.63, 3.8) is 0 Å². The van der Waals surface area contributed by atoms with Crippen molar-refractivity contribution >= 4 is 23.3 Å². The number of hydrogen-bond donors (Lipinski definition) is 1. The molecule has 0 spiro atoms. The first-order valence-corrected chi connectivity index (χ1v) is 4.50. The highest BCUT2D eigenvalue weighted by atomic mass is 35.5. The van der Waals surface area contributed by atoms with Crippen molar-refractivity contribution in [1.82, 2.24) is 9.88 Å². The summed E-state index contributed by atoms with van der Waals surface area (Å²) in [7, 11) is 4.06. The molecule has 0 saturated heterocycles. The Labute approximate surface area is 90.3 Å². The third-order valence-electron chi connectivity index (χ3n) is 2.35. The summed E-state index contributed by atoms with van der Waals surface area (Å²) in [5.74, 6) is 0. The maximum Gasteiger partial charge on any atom is 0.0481 e. The largest absolute Gasteiger partial charge is 0.350 e. The van der Waals surface area contributed by atoms with Crippen LogP contribution >= 0.6 is 12.4 Å². The van der Waals surface area contributed by atoms with Crippen molar-refractivity contribution < 1.29 is 0 Å². The van der Waals surface area contributed by atoms with Gasteiger partial charge in [-0.05, 0) is 18.7 Å². The van der Waals surface area contributed by atoms with Gasteiger partial charge in [0.25, 0.3) is 0 Å². The minimum Gasteiger partial charge on any atom is -0.350 e. The molecule has 0 aliphatic rings. The van der Waals surface area contributed by atoms with Crippen LogP contribution < -0.4 is 5.32 Å². The molecule has 0 unspecified atom stereocenters. The Kier molecular flexibility index (Phi) is 3.55. The van der Waals surface area contributed by atoms with Gasteiger partial charge >= 0.3 is 0 Å². The smallest absolute Gasteiger partial charge is 0.0481 e. The first-order valence-electron chi connectivity index (χ1n) is 4.50. The highest BCUT2D eigenvalue weighted by molar-refractivity contribution is 5.85. The molecule has 2 aromatic rings. The van der Waals surface area contributed by atoms with E-state index in [0.717, 1.165) is 6.54 Å². The molecule has 0 bridgehead atoms. The summed E-state index contributed by atoms with van der Waals surface area (Å²) in [6, 6.07) is 8.48. The molecule has 2 rings (SSSR count). The van der Waals surface area contributed by atoms with Gasteiger partial charge in [0.05, 0.1) is 0 Å². The number of hydrogen-bond acceptors (Lipinski definition) is 1. The van der Waals surface area contributed by atoms with Crippen molar-refractivity contribution in [2.24, 2.45) is 7.05 Å². The van der Waals surface area contributed by atoms with Crippen LogP contribution in [0, 0.1) is 0 Å². The number of rotatable bonds is 2. The summed E-state index contributed by atoms with van der Waals surface area (Å²) in [4.78, 5) is 0. The molecule has 1 aromatic carbocycles. The van der Waals surface area contributed by atoms with E-state index in [9.17, 15) is 0 Å². The molecular formula is C11H15ClN2. The lowest BCUT2D eigenvalue weighted by Crippen LogP contribution is -2.04. The normalized spacial score (nSPS) is 10.1. The first-order chi connectivity index (χ1) is 6.33. The maximum absolute atomic E-state index is 3.18. The number of aryl methyl sites for hydroxylation is 1. The summed E-state index contributed by atoms with van der Waals surface area (Å²) < 4.78 is 2.17. The zero-order valence-corrected chi connectivity index (χ0v) is 9.27. The number of fused-ring (bicyclic) bond motifs is 1. The lowest BCUT2D eigenvalue weighted by atomic mass is 10.2. The summed E-state index contributed by atoms with van der Waals surface area (Å²) in [6.45, 7) is 0.932. The van der Waals surface area contributed by atoms with E-state index in [2.05, 4.69) is 47.4 Å². The van der Waals surface area contributed by atoms with E-state index >= 15 is 0 Å². The van der Waals surface area contributed by atoms with Crippen LogP contribution in [0.25, 0.3) is 10.9 Å². The van der Waals surface area contributed by atoms with E-state index in [4.69, 9.17) is 0 Å². The summed E-state index contributed by atoms with van der Waals surface area (Å²) in [5.41, 5.74) is 2.66. The van der Waals surface area contributed by atoms with Gasteiger partial charge in [-0.1, -0.05) is 18.2 Å². The van der Waals surface area contributed by atoms with Gasteiger partial charge in [0, 0.05) is 30.7 Å². The SMILES string of the molecule is CNCc1cn(C)c2ccccc12.Cl. The van der Waals surface area contributed by atoms with Gasteiger partial charge in [-0.2, -0.15) is 0 Å². The minimum atomic E-state index is 0. The highest BCUT2D eigenvalue weighted by Gasteiger charge is 2.03. The van der Waals surface area contributed by atoms with E-state index in [-0.39, 0.29) is 12.4 Å². The van der Waals surface area contributed by atoms with Crippen LogP contribution in [-0.4, -0.2) is 11.6 Å². The second kappa shape index (κ2) is 4.49. The maximum atomic E-state index is 3.18. The van der Waals surface area contributed by atoms with E-state index in [1.54, 1.807) is 0 Å². The van der Waals surface area contributed by atoms with E-state index in [0.29, 0.717) is 0 Å². The van der Waals surface area contributed by atoms with Crippen LogP contribution in [0.5, 0.6) is 0 Å². The van der Waals surface area contributed by atoms with Crippen LogP contribution in [0.3, 0.4) is 0 Å². The zero-order valence-electron chi connectivity index (χ0n) is 8.45. The van der Waals surface area contributed by atoms with E-state index < -0.39 is 0 Å². The molecule has 14 heavy (non-hydrogen) atoms. The Bertz CT molecular complexity index is 420. The van der Waals surface area contributed by atoms with E-state index in [1.165, 1.54) is 16.5 Å². The van der Waals surface area contributed by atoms with Crippen molar-refractivity contribution in [1.29, 1.82) is 0 Å². The fourth-order valence-corrected chi connectivity index (χ4v) is 1.76. The number of para-hydroxylation sites is 1. The average Bonchev–Trinajstić information content (AvgIpc) is 2.46. The summed E-state index contributed by atoms with van der Waals surface area (Å²) in [6.07, 6.45) is 2.18. The van der Waals surface area contributed by atoms with Gasteiger partial charge < -0.3 is 9.88 Å². The highest BCUT2D eigenvalue weighted by Crippen LogP contribution is 2.19. The van der Waals surface area contributed by atoms with Crippen molar-refractivity contribution in [3.8, 4) is 0 Å². The lowest BCUT2D eigenvalue weighted by Gasteiger charge is -1.95. The molecule has 0 aliphatic carbocycles. The number of aromatic nitrogens is 1. The Morgan fingerprint density at radius 3 is 2.71 bits per heavy atom. The number of nitrogens with zero attached hydrogens (tertiary/aromatic N) is 1. The Hall–Kier alpha value is -0.990. The molecule has 76 valence electrons. The standard InChI is InChI=1S/C11H14N2.ClH/c1-12-7-9-8-13(2)11-6-4-3-5-10(9)11;/h3-6,8,12H,7H2,1-2H3;1H. The Morgan fingerprint density at radius 1 is 1.29 bits per heavy atom. The molecule has 1 N–H and O–H groups in total. The number of benzene rings is 1. The van der Waals surface area contributed by atoms with Gasteiger partial charge in [0.15, 0.2) is 0 Å². The molecule has 0 amide bonds. The number of nitrogens with one attached hydrogen (secondary N) is 1. The molecule has 1 aromatic heterocycles. The van der Waals surface area contributed by atoms with Gasteiger partial charge in [-0.15, -0.1) is 12.4 Å². The molecule has 2 nitrogen and oxygen atoms in total. The third kappa shape index (κ3) is 1.76. The quantitative estimate of drug-likeness (QED) is 0.805. The van der Waals surface area contributed by atoms with Gasteiger partial charge in [-0.3, -0.25) is 0 Å². The van der Waals surface area contributed by atoms with Crippen molar-refractivity contribution in [2.75, 3.05) is 7.05 Å². The Balaban J connectivity index is 0.000000980. The van der Waals surface area contributed by atoms with Gasteiger partial charge in [-0.25, -0.2) is 0 Å². The van der Waals surface area contributed by atoms with Crippen LogP contribution in [0.4, 0.5) is 0 Å². The molecule has 0 saturated carbocycles. The molecule has 0 fully saturated rings. The van der Waals surface area contributed by atoms with Crippen LogP contribution in [-0.2, 0) is 13.6 Å². The number of halogens is 1. The zero-order chi connectivity index (χ0) is 9.26. The van der Waals surface area contributed by atoms with Crippen LogP contribution in [0.1, 0.15) is 5.56 Å². The molecule has 3 heteroatoms. The molecule has 0 radical (unpaired) electrons. The molecular weight excluding hydrogens is 196 g/mol. The van der Waals surface area contributed by atoms with Crippen molar-refractivity contribution in [2.45, 2.75) is 6.54 Å². The second-order valence-electron chi connectivity index (χ2n) is 3.31. The predicted octanol–water partition coefficient (Wildman–Crippen LogP) is 2.32. The Morgan fingerprint density at radius 2 is 2.00 bits per heavy atom. The van der Waals surface area contributed by atoms with E-state index in [1.807, 2.05) is 7.05 Å². The van der Waals surface area contributed by atoms with Gasteiger partial charge in [0.1, 0.15) is 0 Å². The van der Waals surface area contributed by atoms with Crippen molar-refractivity contribution in [3.05, 3.63) is 36.0 Å². The lowest BCUT2D eigenvalue weighted by molar-refractivity contribution is 0.815. The minimum absolute atomic E-state index is 0. The monoisotopic (exact) mass is 210 g/mol. The fraction of sp³-hybridized carbons (Fsp3) is 0.273. The predicted molar refractivity (Wildman–Crippen MR) is 62.9 cm³/mol. The topological polar surface area (TPSA) is 17.0 Å². The van der Waals surface area contributed by atoms with Gasteiger partial charge in [0.2, 0.25) is 0 Å². The molecule has 0 atom stereocenters. The molecule has 1 heterocycles. The average molecular weight is 211 g/mol.